The van der Waals surface area contributed by atoms with E-state index >= 15 is 0 Å². The number of ketones is 1. The Morgan fingerprint density at radius 2 is 1.76 bits per heavy atom. The van der Waals surface area contributed by atoms with Crippen molar-refractivity contribution >= 4 is 11.7 Å². The van der Waals surface area contributed by atoms with Gasteiger partial charge in [-0.25, -0.2) is 0 Å². The summed E-state index contributed by atoms with van der Waals surface area (Å²) in [6, 6.07) is -0.132. The molecule has 3 nitrogen and oxygen atoms in total. The molecule has 1 spiro atoms. The average molecular weight is 239 g/mol. The summed E-state index contributed by atoms with van der Waals surface area (Å²) >= 11 is 0. The van der Waals surface area contributed by atoms with Gasteiger partial charge in [0, 0.05) is 13.5 Å². The number of likely N-dealkylation sites (tertiary alicyclic amines) is 1. The highest BCUT2D eigenvalue weighted by molar-refractivity contribution is 5.87. The van der Waals surface area contributed by atoms with Crippen molar-refractivity contribution in [3.8, 4) is 0 Å². The van der Waals surface area contributed by atoms with Gasteiger partial charge in [-0.1, -0.05) is 26.7 Å². The Labute approximate surface area is 105 Å². The van der Waals surface area contributed by atoms with E-state index in [1.165, 1.54) is 25.7 Å². The first kappa shape index (κ1) is 14.2. The van der Waals surface area contributed by atoms with Crippen LogP contribution < -0.4 is 0 Å². The molecule has 0 N–H and O–H groups in total. The normalized spacial score (nSPS) is 24.9. The lowest BCUT2D eigenvalue weighted by Crippen LogP contribution is -2.39. The maximum absolute atomic E-state index is 11.4. The van der Waals surface area contributed by atoms with Crippen molar-refractivity contribution in [2.24, 2.45) is 5.41 Å². The molecular weight excluding hydrogens is 214 g/mol. The lowest BCUT2D eigenvalue weighted by atomic mass is 9.67. The summed E-state index contributed by atoms with van der Waals surface area (Å²) in [6.07, 6.45) is 5.80. The van der Waals surface area contributed by atoms with Gasteiger partial charge in [-0.05, 0) is 31.6 Å². The van der Waals surface area contributed by atoms with Crippen molar-refractivity contribution in [2.45, 2.75) is 65.8 Å². The Morgan fingerprint density at radius 1 is 1.24 bits per heavy atom. The largest absolute Gasteiger partial charge is 0.332 e. The van der Waals surface area contributed by atoms with Crippen LogP contribution in [0, 0.1) is 5.41 Å². The van der Waals surface area contributed by atoms with Gasteiger partial charge in [0.05, 0.1) is 6.04 Å². The van der Waals surface area contributed by atoms with Crippen molar-refractivity contribution in [1.29, 1.82) is 0 Å². The zero-order chi connectivity index (χ0) is 13.1. The predicted molar refractivity (Wildman–Crippen MR) is 68.7 cm³/mol. The summed E-state index contributed by atoms with van der Waals surface area (Å²) in [7, 11) is 0. The predicted octanol–water partition coefficient (Wildman–Crippen LogP) is 2.78. The molecule has 98 valence electrons. The molecule has 1 saturated heterocycles. The van der Waals surface area contributed by atoms with Gasteiger partial charge >= 0.3 is 0 Å². The molecule has 0 aromatic carbocycles. The molecule has 0 radical (unpaired) electrons. The molecule has 1 atom stereocenters. The van der Waals surface area contributed by atoms with E-state index in [4.69, 9.17) is 0 Å². The molecule has 0 aromatic rings. The molecule has 0 aromatic heterocycles. The number of carbonyl (C=O) groups excluding carboxylic acids is 2. The van der Waals surface area contributed by atoms with E-state index in [0.29, 0.717) is 5.41 Å². The lowest BCUT2D eigenvalue weighted by molar-refractivity contribution is -0.135. The smallest absolute Gasteiger partial charge is 0.220 e. The SMILES string of the molecule is CC(=O)C1CC2(CCC2)CN1C(C)=O.CCC. The minimum atomic E-state index is -0.132. The van der Waals surface area contributed by atoms with Gasteiger partial charge in [0.15, 0.2) is 5.78 Å². The number of hydrogen-bond donors (Lipinski definition) is 0. The third kappa shape index (κ3) is 3.08. The van der Waals surface area contributed by atoms with E-state index in [0.717, 1.165) is 13.0 Å². The Balaban J connectivity index is 0.000000437. The highest BCUT2D eigenvalue weighted by Gasteiger charge is 2.49. The van der Waals surface area contributed by atoms with Crippen molar-refractivity contribution < 1.29 is 9.59 Å². The molecule has 2 aliphatic rings. The van der Waals surface area contributed by atoms with Crippen LogP contribution in [0.4, 0.5) is 0 Å². The fraction of sp³-hybridized carbons (Fsp3) is 0.857. The monoisotopic (exact) mass is 239 g/mol. The van der Waals surface area contributed by atoms with Crippen LogP contribution in [0.15, 0.2) is 0 Å². The van der Waals surface area contributed by atoms with Crippen LogP contribution >= 0.6 is 0 Å². The number of carbonyl (C=O) groups is 2. The number of hydrogen-bond acceptors (Lipinski definition) is 2. The maximum Gasteiger partial charge on any atom is 0.220 e. The van der Waals surface area contributed by atoms with Crippen molar-refractivity contribution in [3.63, 3.8) is 0 Å². The van der Waals surface area contributed by atoms with Crippen LogP contribution in [-0.2, 0) is 9.59 Å². The molecule has 1 amide bonds. The first-order chi connectivity index (χ1) is 7.95. The summed E-state index contributed by atoms with van der Waals surface area (Å²) in [5.41, 5.74) is 0.308. The van der Waals surface area contributed by atoms with Gasteiger partial charge in [-0.15, -0.1) is 0 Å². The zero-order valence-corrected chi connectivity index (χ0v) is 11.6. The van der Waals surface area contributed by atoms with Gasteiger partial charge in [0.1, 0.15) is 0 Å². The van der Waals surface area contributed by atoms with Crippen LogP contribution in [0.25, 0.3) is 0 Å². The Hall–Kier alpha value is -0.860. The second-order valence-corrected chi connectivity index (χ2v) is 5.54. The van der Waals surface area contributed by atoms with Crippen LogP contribution in [0.3, 0.4) is 0 Å². The van der Waals surface area contributed by atoms with E-state index in [1.807, 2.05) is 0 Å². The molecule has 0 bridgehead atoms. The van der Waals surface area contributed by atoms with Crippen LogP contribution in [0.2, 0.25) is 0 Å². The van der Waals surface area contributed by atoms with E-state index in [1.54, 1.807) is 18.7 Å². The van der Waals surface area contributed by atoms with Crippen molar-refractivity contribution in [1.82, 2.24) is 4.90 Å². The summed E-state index contributed by atoms with van der Waals surface area (Å²) < 4.78 is 0. The van der Waals surface area contributed by atoms with E-state index < -0.39 is 0 Å². The van der Waals surface area contributed by atoms with Gasteiger partial charge in [0.25, 0.3) is 0 Å². The van der Waals surface area contributed by atoms with Crippen molar-refractivity contribution in [2.75, 3.05) is 6.54 Å². The molecule has 1 unspecified atom stereocenters. The first-order valence-corrected chi connectivity index (χ1v) is 6.73. The summed E-state index contributed by atoms with van der Waals surface area (Å²) in [5, 5.41) is 0. The second kappa shape index (κ2) is 5.65. The molecule has 2 fully saturated rings. The third-order valence-corrected chi connectivity index (χ3v) is 3.80. The number of rotatable bonds is 1. The van der Waals surface area contributed by atoms with Crippen LogP contribution in [0.5, 0.6) is 0 Å². The number of Topliss-reactive ketones (excluding diaryl/α,β-unsaturated/α-hetero) is 1. The Kier molecular flexibility index (Phi) is 4.72. The fourth-order valence-corrected chi connectivity index (χ4v) is 2.79. The molecule has 3 heteroatoms. The van der Waals surface area contributed by atoms with E-state index in [-0.39, 0.29) is 17.7 Å². The first-order valence-electron chi connectivity index (χ1n) is 6.73. The standard InChI is InChI=1S/C11H17NO2.C3H8/c1-8(13)10-6-11(4-3-5-11)7-12(10)9(2)14;1-3-2/h10H,3-7H2,1-2H3;3H2,1-2H3. The maximum atomic E-state index is 11.4. The van der Waals surface area contributed by atoms with Crippen LogP contribution in [-0.4, -0.2) is 29.2 Å². The fourth-order valence-electron chi connectivity index (χ4n) is 2.79. The van der Waals surface area contributed by atoms with E-state index in [2.05, 4.69) is 13.8 Å². The Morgan fingerprint density at radius 3 is 2.00 bits per heavy atom. The summed E-state index contributed by atoms with van der Waals surface area (Å²) in [4.78, 5) is 24.5. The second-order valence-electron chi connectivity index (χ2n) is 5.54. The van der Waals surface area contributed by atoms with Gasteiger partial charge in [-0.3, -0.25) is 9.59 Å². The van der Waals surface area contributed by atoms with Crippen molar-refractivity contribution in [3.05, 3.63) is 0 Å². The number of amides is 1. The highest BCUT2D eigenvalue weighted by Crippen LogP contribution is 2.50. The zero-order valence-electron chi connectivity index (χ0n) is 11.6. The van der Waals surface area contributed by atoms with Gasteiger partial charge < -0.3 is 4.90 Å². The van der Waals surface area contributed by atoms with Gasteiger partial charge in [0.2, 0.25) is 5.91 Å². The third-order valence-electron chi connectivity index (χ3n) is 3.80. The molecule has 1 saturated carbocycles. The highest BCUT2D eigenvalue weighted by atomic mass is 16.2. The molecule has 17 heavy (non-hydrogen) atoms. The lowest BCUT2D eigenvalue weighted by Gasteiger charge is -2.37. The van der Waals surface area contributed by atoms with Gasteiger partial charge in [-0.2, -0.15) is 0 Å². The Bertz CT molecular complexity index is 271. The van der Waals surface area contributed by atoms with Crippen LogP contribution in [0.1, 0.15) is 59.8 Å². The average Bonchev–Trinajstić information content (AvgIpc) is 2.58. The minimum absolute atomic E-state index is 0.0500. The number of nitrogens with zero attached hydrogens (tertiary/aromatic N) is 1. The summed E-state index contributed by atoms with van der Waals surface area (Å²) in [5.74, 6) is 0.193. The minimum Gasteiger partial charge on any atom is -0.332 e. The topological polar surface area (TPSA) is 37.4 Å². The quantitative estimate of drug-likeness (QED) is 0.705. The molecule has 2 rings (SSSR count). The molecule has 1 aliphatic carbocycles. The molecule has 1 heterocycles. The summed E-state index contributed by atoms with van der Waals surface area (Å²) in [6.45, 7) is 8.22. The van der Waals surface area contributed by atoms with E-state index in [9.17, 15) is 9.59 Å². The molecule has 1 aliphatic heterocycles. The molecular formula is C14H25NO2.